The lowest BCUT2D eigenvalue weighted by Gasteiger charge is -2.11. The number of hydrogen-bond donors (Lipinski definition) is 0. The van der Waals surface area contributed by atoms with Crippen molar-refractivity contribution in [3.05, 3.63) is 23.8 Å². The second kappa shape index (κ2) is 5.08. The molecular weight excluding hydrogens is 236 g/mol. The lowest BCUT2D eigenvalue weighted by Crippen LogP contribution is -2.15. The number of Topliss-reactive ketones (excluding diaryl/α,β-unsaturated/α-hetero) is 1. The molecule has 5 nitrogen and oxygen atoms in total. The second-order valence-corrected chi connectivity index (χ2v) is 4.01. The predicted octanol–water partition coefficient (Wildman–Crippen LogP) is 1.45. The summed E-state index contributed by atoms with van der Waals surface area (Å²) in [5.74, 6) is 0.120. The van der Waals surface area contributed by atoms with E-state index in [9.17, 15) is 9.59 Å². The van der Waals surface area contributed by atoms with Gasteiger partial charge in [0.1, 0.15) is 18.1 Å². The number of ether oxygens (including phenoxy) is 3. The number of rotatable bonds is 4. The maximum atomic E-state index is 12.3. The van der Waals surface area contributed by atoms with E-state index in [0.29, 0.717) is 17.1 Å². The first-order valence-electron chi connectivity index (χ1n) is 5.57. The highest BCUT2D eigenvalue weighted by molar-refractivity contribution is 6.02. The van der Waals surface area contributed by atoms with Crippen molar-refractivity contribution in [3.63, 3.8) is 0 Å². The van der Waals surface area contributed by atoms with E-state index in [4.69, 9.17) is 14.2 Å². The van der Waals surface area contributed by atoms with Crippen LogP contribution in [0.3, 0.4) is 0 Å². The van der Waals surface area contributed by atoms with Gasteiger partial charge in [-0.15, -0.1) is 0 Å². The lowest BCUT2D eigenvalue weighted by atomic mass is 9.96. The van der Waals surface area contributed by atoms with Gasteiger partial charge in [-0.3, -0.25) is 9.59 Å². The van der Waals surface area contributed by atoms with E-state index in [1.54, 1.807) is 18.2 Å². The highest BCUT2D eigenvalue weighted by Gasteiger charge is 2.32. The summed E-state index contributed by atoms with van der Waals surface area (Å²) in [5.41, 5.74) is 0.417. The Kier molecular flexibility index (Phi) is 3.50. The maximum Gasteiger partial charge on any atom is 0.306 e. The summed E-state index contributed by atoms with van der Waals surface area (Å²) < 4.78 is 15.0. The summed E-state index contributed by atoms with van der Waals surface area (Å²) in [5, 5.41) is 0. The third kappa shape index (κ3) is 2.30. The SMILES string of the molecule is COc1ccc(OC)c(C(=O)[C@@H]2COC(=O)C2)c1. The molecule has 1 atom stereocenters. The molecule has 0 unspecified atom stereocenters. The minimum absolute atomic E-state index is 0.124. The Hall–Kier alpha value is -2.04. The molecule has 0 N–H and O–H groups in total. The van der Waals surface area contributed by atoms with Crippen LogP contribution in [-0.4, -0.2) is 32.6 Å². The van der Waals surface area contributed by atoms with Crippen LogP contribution in [0, 0.1) is 5.92 Å². The van der Waals surface area contributed by atoms with Crippen molar-refractivity contribution in [3.8, 4) is 11.5 Å². The molecule has 0 aliphatic carbocycles. The Morgan fingerprint density at radius 2 is 2.11 bits per heavy atom. The van der Waals surface area contributed by atoms with Crippen molar-refractivity contribution in [1.29, 1.82) is 0 Å². The van der Waals surface area contributed by atoms with Gasteiger partial charge in [0.2, 0.25) is 0 Å². The number of ketones is 1. The van der Waals surface area contributed by atoms with E-state index in [2.05, 4.69) is 0 Å². The Labute approximate surface area is 105 Å². The zero-order valence-corrected chi connectivity index (χ0v) is 10.3. The molecule has 1 aliphatic rings. The summed E-state index contributed by atoms with van der Waals surface area (Å²) in [6.07, 6.45) is 0.124. The fourth-order valence-electron chi connectivity index (χ4n) is 1.91. The first kappa shape index (κ1) is 12.4. The average Bonchev–Trinajstić information content (AvgIpc) is 2.83. The van der Waals surface area contributed by atoms with Gasteiger partial charge in [0.15, 0.2) is 5.78 Å². The third-order valence-electron chi connectivity index (χ3n) is 2.90. The first-order valence-corrected chi connectivity index (χ1v) is 5.57. The number of esters is 1. The van der Waals surface area contributed by atoms with Crippen LogP contribution in [0.2, 0.25) is 0 Å². The number of carbonyl (C=O) groups is 2. The molecule has 0 saturated carbocycles. The molecule has 0 bridgehead atoms. The Bertz CT molecular complexity index is 480. The molecule has 1 fully saturated rings. The van der Waals surface area contributed by atoms with Gasteiger partial charge in [-0.2, -0.15) is 0 Å². The predicted molar refractivity (Wildman–Crippen MR) is 62.9 cm³/mol. The molecule has 1 aliphatic heterocycles. The van der Waals surface area contributed by atoms with Crippen LogP contribution in [0.15, 0.2) is 18.2 Å². The van der Waals surface area contributed by atoms with Crippen LogP contribution >= 0.6 is 0 Å². The zero-order chi connectivity index (χ0) is 13.1. The van der Waals surface area contributed by atoms with Gasteiger partial charge in [-0.1, -0.05) is 0 Å². The van der Waals surface area contributed by atoms with E-state index in [0.717, 1.165) is 0 Å². The summed E-state index contributed by atoms with van der Waals surface area (Å²) >= 11 is 0. The molecule has 1 aromatic carbocycles. The molecule has 96 valence electrons. The molecule has 18 heavy (non-hydrogen) atoms. The van der Waals surface area contributed by atoms with E-state index in [1.807, 2.05) is 0 Å². The van der Waals surface area contributed by atoms with Crippen molar-refractivity contribution in [1.82, 2.24) is 0 Å². The molecule has 5 heteroatoms. The molecule has 0 aromatic heterocycles. The van der Waals surface area contributed by atoms with Crippen LogP contribution in [0.4, 0.5) is 0 Å². The summed E-state index contributed by atoms with van der Waals surface area (Å²) in [6.45, 7) is 0.137. The lowest BCUT2D eigenvalue weighted by molar-refractivity contribution is -0.137. The molecule has 1 aromatic rings. The molecule has 2 rings (SSSR count). The van der Waals surface area contributed by atoms with Crippen molar-refractivity contribution in [2.24, 2.45) is 5.92 Å². The van der Waals surface area contributed by atoms with Gasteiger partial charge in [0.25, 0.3) is 0 Å². The van der Waals surface area contributed by atoms with Gasteiger partial charge in [-0.25, -0.2) is 0 Å². The quantitative estimate of drug-likeness (QED) is 0.598. The number of benzene rings is 1. The fraction of sp³-hybridized carbons (Fsp3) is 0.385. The average molecular weight is 250 g/mol. The highest BCUT2D eigenvalue weighted by Crippen LogP contribution is 2.29. The Morgan fingerprint density at radius 3 is 2.67 bits per heavy atom. The van der Waals surface area contributed by atoms with E-state index < -0.39 is 5.92 Å². The Balaban J connectivity index is 2.30. The van der Waals surface area contributed by atoms with E-state index in [1.165, 1.54) is 14.2 Å². The molecule has 0 spiro atoms. The van der Waals surface area contributed by atoms with Crippen molar-refractivity contribution in [2.75, 3.05) is 20.8 Å². The van der Waals surface area contributed by atoms with Crippen LogP contribution in [0.1, 0.15) is 16.8 Å². The standard InChI is InChI=1S/C13H14O5/c1-16-9-3-4-11(17-2)10(6-9)13(15)8-5-12(14)18-7-8/h3-4,6,8H,5,7H2,1-2H3/t8-/m0/s1. The van der Waals surface area contributed by atoms with E-state index >= 15 is 0 Å². The normalized spacial score (nSPS) is 18.3. The molecule has 0 amide bonds. The molecule has 0 radical (unpaired) electrons. The molecular formula is C13H14O5. The first-order chi connectivity index (χ1) is 8.65. The van der Waals surface area contributed by atoms with Crippen LogP contribution in [0.25, 0.3) is 0 Å². The minimum Gasteiger partial charge on any atom is -0.497 e. The van der Waals surface area contributed by atoms with Crippen LogP contribution < -0.4 is 9.47 Å². The van der Waals surface area contributed by atoms with Gasteiger partial charge < -0.3 is 14.2 Å². The monoisotopic (exact) mass is 250 g/mol. The Morgan fingerprint density at radius 1 is 1.33 bits per heavy atom. The molecule has 1 heterocycles. The van der Waals surface area contributed by atoms with Crippen molar-refractivity contribution < 1.29 is 23.8 Å². The van der Waals surface area contributed by atoms with Crippen molar-refractivity contribution in [2.45, 2.75) is 6.42 Å². The topological polar surface area (TPSA) is 61.8 Å². The van der Waals surface area contributed by atoms with Gasteiger partial charge >= 0.3 is 5.97 Å². The van der Waals surface area contributed by atoms with E-state index in [-0.39, 0.29) is 24.8 Å². The summed E-state index contributed by atoms with van der Waals surface area (Å²) in [6, 6.07) is 5.00. The fourth-order valence-corrected chi connectivity index (χ4v) is 1.91. The van der Waals surface area contributed by atoms with Crippen molar-refractivity contribution >= 4 is 11.8 Å². The maximum absolute atomic E-state index is 12.3. The van der Waals surface area contributed by atoms with Gasteiger partial charge in [-0.05, 0) is 18.2 Å². The summed E-state index contributed by atoms with van der Waals surface area (Å²) in [7, 11) is 3.02. The second-order valence-electron chi connectivity index (χ2n) is 4.01. The zero-order valence-electron chi connectivity index (χ0n) is 10.3. The van der Waals surface area contributed by atoms with Crippen LogP contribution in [0.5, 0.6) is 11.5 Å². The number of methoxy groups -OCH3 is 2. The number of cyclic esters (lactones) is 1. The minimum atomic E-state index is -0.432. The largest absolute Gasteiger partial charge is 0.497 e. The number of carbonyl (C=O) groups excluding carboxylic acids is 2. The van der Waals surface area contributed by atoms with Gasteiger partial charge in [0.05, 0.1) is 32.1 Å². The highest BCUT2D eigenvalue weighted by atomic mass is 16.5. The summed E-state index contributed by atoms with van der Waals surface area (Å²) in [4.78, 5) is 23.3. The smallest absolute Gasteiger partial charge is 0.306 e. The number of hydrogen-bond acceptors (Lipinski definition) is 5. The van der Waals surface area contributed by atoms with Gasteiger partial charge in [0, 0.05) is 0 Å². The molecule has 1 saturated heterocycles. The third-order valence-corrected chi connectivity index (χ3v) is 2.90. The van der Waals surface area contributed by atoms with Crippen LogP contribution in [-0.2, 0) is 9.53 Å².